The number of nitrogens with two attached hydrogens (primary N) is 1. The molecule has 2 rings (SSSR count). The van der Waals surface area contributed by atoms with Gasteiger partial charge in [-0.15, -0.1) is 0 Å². The molecule has 0 radical (unpaired) electrons. The third-order valence-corrected chi connectivity index (χ3v) is 3.86. The third-order valence-electron chi connectivity index (χ3n) is 3.86. The molecule has 2 aliphatic carbocycles. The van der Waals surface area contributed by atoms with Gasteiger partial charge < -0.3 is 11.1 Å². The van der Waals surface area contributed by atoms with Gasteiger partial charge in [0, 0.05) is 31.3 Å². The number of carbonyl (C=O) groups excluding carboxylic acids is 1. The van der Waals surface area contributed by atoms with E-state index in [2.05, 4.69) is 5.32 Å². The molecule has 0 saturated heterocycles. The molecule has 1 unspecified atom stereocenters. The lowest BCUT2D eigenvalue weighted by molar-refractivity contribution is -0.129. The lowest BCUT2D eigenvalue weighted by Crippen LogP contribution is -2.45. The maximum absolute atomic E-state index is 13.0. The molecule has 0 spiro atoms. The van der Waals surface area contributed by atoms with E-state index in [-0.39, 0.29) is 30.7 Å². The highest BCUT2D eigenvalue weighted by Gasteiger charge is 2.39. The fraction of sp³-hybridized carbons (Fsp3) is 0.917. The average Bonchev–Trinajstić information content (AvgIpc) is 3.09. The summed E-state index contributed by atoms with van der Waals surface area (Å²) >= 11 is 0. The Bertz CT molecular complexity index is 282. The van der Waals surface area contributed by atoms with Crippen molar-refractivity contribution in [2.45, 2.75) is 50.5 Å². The van der Waals surface area contributed by atoms with Gasteiger partial charge in [0.15, 0.2) is 0 Å². The fourth-order valence-corrected chi connectivity index (χ4v) is 2.47. The van der Waals surface area contributed by atoms with Crippen molar-refractivity contribution in [1.29, 1.82) is 0 Å². The van der Waals surface area contributed by atoms with Crippen molar-refractivity contribution < 1.29 is 13.6 Å². The quantitative estimate of drug-likeness (QED) is 0.792. The second kappa shape index (κ2) is 4.88. The van der Waals surface area contributed by atoms with Gasteiger partial charge in [-0.1, -0.05) is 0 Å². The highest BCUT2D eigenvalue weighted by Crippen LogP contribution is 2.37. The second-order valence-electron chi connectivity index (χ2n) is 5.32. The monoisotopic (exact) mass is 246 g/mol. The van der Waals surface area contributed by atoms with Gasteiger partial charge in [-0.25, -0.2) is 8.78 Å². The van der Waals surface area contributed by atoms with Crippen LogP contribution in [0.2, 0.25) is 0 Å². The minimum atomic E-state index is -2.57. The molecule has 0 aromatic rings. The standard InChI is InChI=1S/C12H20F2N2O/c13-12(14)5-3-9(4-6-12)11(17)16-10(7-15)8-1-2-8/h8-10H,1-7,15H2,(H,16,17). The van der Waals surface area contributed by atoms with Crippen LogP contribution in [0.15, 0.2) is 0 Å². The van der Waals surface area contributed by atoms with Crippen LogP contribution in [-0.2, 0) is 4.79 Å². The Kier molecular flexibility index (Phi) is 3.66. The highest BCUT2D eigenvalue weighted by atomic mass is 19.3. The highest BCUT2D eigenvalue weighted by molar-refractivity contribution is 5.79. The molecule has 0 aromatic heterocycles. The Morgan fingerprint density at radius 3 is 2.35 bits per heavy atom. The summed E-state index contributed by atoms with van der Waals surface area (Å²) in [5.41, 5.74) is 5.60. The smallest absolute Gasteiger partial charge is 0.248 e. The number of amides is 1. The van der Waals surface area contributed by atoms with Crippen LogP contribution in [0.1, 0.15) is 38.5 Å². The van der Waals surface area contributed by atoms with E-state index in [0.29, 0.717) is 25.3 Å². The van der Waals surface area contributed by atoms with Crippen LogP contribution < -0.4 is 11.1 Å². The van der Waals surface area contributed by atoms with Crippen LogP contribution >= 0.6 is 0 Å². The zero-order valence-corrected chi connectivity index (χ0v) is 9.92. The summed E-state index contributed by atoms with van der Waals surface area (Å²) in [7, 11) is 0. The van der Waals surface area contributed by atoms with E-state index in [1.54, 1.807) is 0 Å². The van der Waals surface area contributed by atoms with Crippen LogP contribution in [-0.4, -0.2) is 24.4 Å². The van der Waals surface area contributed by atoms with Crippen molar-refractivity contribution in [2.24, 2.45) is 17.6 Å². The Balaban J connectivity index is 1.80. The van der Waals surface area contributed by atoms with Crippen molar-refractivity contribution >= 4 is 5.91 Å². The van der Waals surface area contributed by atoms with E-state index in [0.717, 1.165) is 12.8 Å². The van der Waals surface area contributed by atoms with Gasteiger partial charge in [0.05, 0.1) is 0 Å². The predicted octanol–water partition coefficient (Wildman–Crippen LogP) is 1.67. The van der Waals surface area contributed by atoms with Crippen molar-refractivity contribution in [3.05, 3.63) is 0 Å². The molecule has 1 amide bonds. The van der Waals surface area contributed by atoms with E-state index in [1.165, 1.54) is 0 Å². The first kappa shape index (κ1) is 12.7. The normalized spacial score (nSPS) is 26.5. The van der Waals surface area contributed by atoms with E-state index in [9.17, 15) is 13.6 Å². The minimum absolute atomic E-state index is 0.0462. The fourth-order valence-electron chi connectivity index (χ4n) is 2.47. The topological polar surface area (TPSA) is 55.1 Å². The van der Waals surface area contributed by atoms with Gasteiger partial charge in [-0.3, -0.25) is 4.79 Å². The molecule has 0 heterocycles. The molecule has 17 heavy (non-hydrogen) atoms. The number of halogens is 2. The minimum Gasteiger partial charge on any atom is -0.352 e. The summed E-state index contributed by atoms with van der Waals surface area (Å²) in [5.74, 6) is -2.39. The first-order valence-electron chi connectivity index (χ1n) is 6.40. The van der Waals surface area contributed by atoms with Crippen LogP contribution in [0.4, 0.5) is 8.78 Å². The molecular weight excluding hydrogens is 226 g/mol. The van der Waals surface area contributed by atoms with Gasteiger partial charge in [0.2, 0.25) is 11.8 Å². The number of nitrogens with one attached hydrogen (secondary N) is 1. The molecule has 0 bridgehead atoms. The van der Waals surface area contributed by atoms with Crippen LogP contribution in [0.5, 0.6) is 0 Å². The maximum atomic E-state index is 13.0. The molecule has 0 aliphatic heterocycles. The lowest BCUT2D eigenvalue weighted by atomic mass is 9.86. The average molecular weight is 246 g/mol. The van der Waals surface area contributed by atoms with Gasteiger partial charge in [-0.2, -0.15) is 0 Å². The second-order valence-corrected chi connectivity index (χ2v) is 5.32. The summed E-state index contributed by atoms with van der Waals surface area (Å²) in [6.45, 7) is 0.444. The van der Waals surface area contributed by atoms with Crippen molar-refractivity contribution in [1.82, 2.24) is 5.32 Å². The molecule has 3 nitrogen and oxygen atoms in total. The first-order chi connectivity index (χ1) is 8.02. The molecule has 5 heteroatoms. The number of hydrogen-bond donors (Lipinski definition) is 2. The molecule has 0 aromatic carbocycles. The Morgan fingerprint density at radius 2 is 1.88 bits per heavy atom. The summed E-state index contributed by atoms with van der Waals surface area (Å²) in [4.78, 5) is 11.9. The van der Waals surface area contributed by atoms with E-state index < -0.39 is 5.92 Å². The zero-order chi connectivity index (χ0) is 12.5. The van der Waals surface area contributed by atoms with Gasteiger partial charge in [-0.05, 0) is 31.6 Å². The van der Waals surface area contributed by atoms with Crippen molar-refractivity contribution in [3.8, 4) is 0 Å². The number of alkyl halides is 2. The van der Waals surface area contributed by atoms with Gasteiger partial charge in [0.25, 0.3) is 0 Å². The van der Waals surface area contributed by atoms with Gasteiger partial charge >= 0.3 is 0 Å². The molecule has 3 N–H and O–H groups in total. The molecule has 98 valence electrons. The summed E-state index contributed by atoms with van der Waals surface area (Å²) in [6, 6.07) is 0.0462. The Hall–Kier alpha value is -0.710. The van der Waals surface area contributed by atoms with Crippen LogP contribution in [0, 0.1) is 11.8 Å². The molecule has 2 aliphatic rings. The van der Waals surface area contributed by atoms with Crippen LogP contribution in [0.3, 0.4) is 0 Å². The molecule has 2 saturated carbocycles. The molecule has 2 fully saturated rings. The maximum Gasteiger partial charge on any atom is 0.248 e. The third kappa shape index (κ3) is 3.37. The largest absolute Gasteiger partial charge is 0.352 e. The van der Waals surface area contributed by atoms with Crippen LogP contribution in [0.25, 0.3) is 0 Å². The van der Waals surface area contributed by atoms with E-state index in [4.69, 9.17) is 5.73 Å². The van der Waals surface area contributed by atoms with E-state index in [1.807, 2.05) is 0 Å². The molecule has 1 atom stereocenters. The Labute approximate surface area is 100 Å². The number of carbonyl (C=O) groups is 1. The van der Waals surface area contributed by atoms with Crippen molar-refractivity contribution in [2.75, 3.05) is 6.54 Å². The number of rotatable bonds is 4. The lowest BCUT2D eigenvalue weighted by Gasteiger charge is -2.28. The molecular formula is C12H20F2N2O. The van der Waals surface area contributed by atoms with Gasteiger partial charge in [0.1, 0.15) is 0 Å². The predicted molar refractivity (Wildman–Crippen MR) is 60.6 cm³/mol. The summed E-state index contributed by atoms with van der Waals surface area (Å²) < 4.78 is 25.9. The Morgan fingerprint density at radius 1 is 1.29 bits per heavy atom. The first-order valence-corrected chi connectivity index (χ1v) is 6.40. The SMILES string of the molecule is NCC(NC(=O)C1CCC(F)(F)CC1)C1CC1. The summed E-state index contributed by atoms with van der Waals surface area (Å²) in [5, 5.41) is 2.92. The number of hydrogen-bond acceptors (Lipinski definition) is 2. The van der Waals surface area contributed by atoms with E-state index >= 15 is 0 Å². The zero-order valence-electron chi connectivity index (χ0n) is 9.92. The summed E-state index contributed by atoms with van der Waals surface area (Å²) in [6.07, 6.45) is 2.49. The van der Waals surface area contributed by atoms with Crippen molar-refractivity contribution in [3.63, 3.8) is 0 Å².